The molecule has 1 fully saturated rings. The van der Waals surface area contributed by atoms with E-state index in [0.717, 1.165) is 24.7 Å². The summed E-state index contributed by atoms with van der Waals surface area (Å²) in [7, 11) is 1.96. The minimum absolute atomic E-state index is 0.685. The lowest BCUT2D eigenvalue weighted by atomic mass is 10.1. The predicted molar refractivity (Wildman–Crippen MR) is 115 cm³/mol. The maximum Gasteiger partial charge on any atom is 0.191 e. The van der Waals surface area contributed by atoms with Gasteiger partial charge >= 0.3 is 0 Å². The second kappa shape index (κ2) is 10.9. The predicted octanol–water partition coefficient (Wildman–Crippen LogP) is 3.05. The zero-order chi connectivity index (χ0) is 19.6. The van der Waals surface area contributed by atoms with Crippen molar-refractivity contribution in [3.8, 4) is 0 Å². The molecule has 0 radical (unpaired) electrons. The molecule has 28 heavy (non-hydrogen) atoms. The molecule has 6 nitrogen and oxygen atoms in total. The Kier molecular flexibility index (Phi) is 7.91. The van der Waals surface area contributed by atoms with E-state index in [9.17, 15) is 0 Å². The van der Waals surface area contributed by atoms with Gasteiger partial charge in [-0.15, -0.1) is 0 Å². The SMILES string of the molecule is CCNC(=NCc1ccccc1CN1CCCCCC1)NCc1ccnn1C. The van der Waals surface area contributed by atoms with Gasteiger partial charge in [0.15, 0.2) is 5.96 Å². The number of nitrogens with one attached hydrogen (secondary N) is 2. The highest BCUT2D eigenvalue weighted by Gasteiger charge is 2.11. The van der Waals surface area contributed by atoms with Crippen LogP contribution >= 0.6 is 0 Å². The third-order valence-electron chi connectivity index (χ3n) is 5.32. The second-order valence-corrected chi connectivity index (χ2v) is 7.45. The van der Waals surface area contributed by atoms with Crippen molar-refractivity contribution in [1.29, 1.82) is 0 Å². The van der Waals surface area contributed by atoms with E-state index in [-0.39, 0.29) is 0 Å². The van der Waals surface area contributed by atoms with Crippen LogP contribution in [0.1, 0.15) is 49.4 Å². The van der Waals surface area contributed by atoms with Gasteiger partial charge in [0, 0.05) is 26.3 Å². The molecule has 0 amide bonds. The van der Waals surface area contributed by atoms with E-state index in [4.69, 9.17) is 4.99 Å². The molecule has 2 N–H and O–H groups in total. The Morgan fingerprint density at radius 3 is 2.46 bits per heavy atom. The summed E-state index contributed by atoms with van der Waals surface area (Å²) in [6, 6.07) is 10.7. The summed E-state index contributed by atoms with van der Waals surface area (Å²) in [4.78, 5) is 7.43. The van der Waals surface area contributed by atoms with Crippen molar-refractivity contribution in [3.05, 3.63) is 53.3 Å². The molecule has 1 saturated heterocycles. The van der Waals surface area contributed by atoms with Crippen LogP contribution in [0.15, 0.2) is 41.5 Å². The smallest absolute Gasteiger partial charge is 0.191 e. The van der Waals surface area contributed by atoms with Gasteiger partial charge in [-0.3, -0.25) is 9.58 Å². The quantitative estimate of drug-likeness (QED) is 0.571. The number of rotatable bonds is 7. The minimum Gasteiger partial charge on any atom is -0.357 e. The van der Waals surface area contributed by atoms with Crippen LogP contribution < -0.4 is 10.6 Å². The van der Waals surface area contributed by atoms with Gasteiger partial charge in [0.2, 0.25) is 0 Å². The molecule has 0 saturated carbocycles. The van der Waals surface area contributed by atoms with E-state index in [1.54, 1.807) is 0 Å². The first-order valence-electron chi connectivity index (χ1n) is 10.5. The molecule has 0 bridgehead atoms. The minimum atomic E-state index is 0.685. The standard InChI is InChI=1S/C22H34N6/c1-3-23-22(25-17-21-12-13-26-27(21)2)24-16-19-10-6-7-11-20(19)18-28-14-8-4-5-9-15-28/h6-7,10-13H,3-5,8-9,14-18H2,1-2H3,(H2,23,24,25). The van der Waals surface area contributed by atoms with Crippen molar-refractivity contribution in [2.75, 3.05) is 19.6 Å². The Bertz CT molecular complexity index is 743. The Labute approximate surface area is 169 Å². The van der Waals surface area contributed by atoms with Crippen LogP contribution in [-0.4, -0.2) is 40.3 Å². The van der Waals surface area contributed by atoms with Gasteiger partial charge in [0.1, 0.15) is 0 Å². The van der Waals surface area contributed by atoms with Crippen molar-refractivity contribution in [1.82, 2.24) is 25.3 Å². The Hall–Kier alpha value is -2.34. The number of guanidine groups is 1. The van der Waals surface area contributed by atoms with E-state index < -0.39 is 0 Å². The van der Waals surface area contributed by atoms with Gasteiger partial charge in [-0.1, -0.05) is 37.1 Å². The molecular weight excluding hydrogens is 348 g/mol. The number of hydrogen-bond acceptors (Lipinski definition) is 3. The van der Waals surface area contributed by atoms with Crippen molar-refractivity contribution < 1.29 is 0 Å². The van der Waals surface area contributed by atoms with Crippen LogP contribution in [0, 0.1) is 0 Å². The van der Waals surface area contributed by atoms with Crippen LogP contribution in [0.5, 0.6) is 0 Å². The molecule has 3 rings (SSSR count). The molecular formula is C22H34N6. The summed E-state index contributed by atoms with van der Waals surface area (Å²) in [6.07, 6.45) is 7.21. The van der Waals surface area contributed by atoms with Gasteiger partial charge < -0.3 is 10.6 Å². The Balaban J connectivity index is 1.63. The van der Waals surface area contributed by atoms with E-state index in [0.29, 0.717) is 13.1 Å². The van der Waals surface area contributed by atoms with Gasteiger partial charge in [0.25, 0.3) is 0 Å². The van der Waals surface area contributed by atoms with E-state index in [1.165, 1.54) is 49.9 Å². The third-order valence-corrected chi connectivity index (χ3v) is 5.32. The molecule has 152 valence electrons. The Morgan fingerprint density at radius 1 is 1.04 bits per heavy atom. The summed E-state index contributed by atoms with van der Waals surface area (Å²) in [6.45, 7) is 7.79. The van der Waals surface area contributed by atoms with E-state index in [1.807, 2.05) is 24.0 Å². The lowest BCUT2D eigenvalue weighted by Gasteiger charge is -2.21. The Morgan fingerprint density at radius 2 is 1.79 bits per heavy atom. The molecule has 0 unspecified atom stereocenters. The van der Waals surface area contributed by atoms with Crippen LogP contribution in [-0.2, 0) is 26.7 Å². The zero-order valence-corrected chi connectivity index (χ0v) is 17.3. The first-order valence-corrected chi connectivity index (χ1v) is 10.5. The number of likely N-dealkylation sites (tertiary alicyclic amines) is 1. The topological polar surface area (TPSA) is 57.5 Å². The van der Waals surface area contributed by atoms with Crippen LogP contribution in [0.2, 0.25) is 0 Å². The highest BCUT2D eigenvalue weighted by molar-refractivity contribution is 5.79. The molecule has 1 aliphatic rings. The highest BCUT2D eigenvalue weighted by atomic mass is 15.3. The second-order valence-electron chi connectivity index (χ2n) is 7.45. The normalized spacial score (nSPS) is 16.0. The lowest BCUT2D eigenvalue weighted by molar-refractivity contribution is 0.276. The number of aromatic nitrogens is 2. The lowest BCUT2D eigenvalue weighted by Crippen LogP contribution is -2.37. The molecule has 2 aromatic rings. The maximum atomic E-state index is 4.83. The summed E-state index contributed by atoms with van der Waals surface area (Å²) in [5.41, 5.74) is 3.84. The van der Waals surface area contributed by atoms with E-state index >= 15 is 0 Å². The van der Waals surface area contributed by atoms with Crippen molar-refractivity contribution in [2.45, 2.75) is 52.2 Å². The summed E-state index contributed by atoms with van der Waals surface area (Å²) < 4.78 is 1.88. The molecule has 1 aromatic carbocycles. The number of aryl methyl sites for hydroxylation is 1. The van der Waals surface area contributed by atoms with Crippen molar-refractivity contribution >= 4 is 5.96 Å². The van der Waals surface area contributed by atoms with Crippen LogP contribution in [0.25, 0.3) is 0 Å². The van der Waals surface area contributed by atoms with Crippen LogP contribution in [0.3, 0.4) is 0 Å². The van der Waals surface area contributed by atoms with Gasteiger partial charge in [-0.2, -0.15) is 5.10 Å². The maximum absolute atomic E-state index is 4.83. The van der Waals surface area contributed by atoms with Gasteiger partial charge in [0.05, 0.1) is 18.8 Å². The zero-order valence-electron chi connectivity index (χ0n) is 17.3. The third kappa shape index (κ3) is 6.09. The van der Waals surface area contributed by atoms with Crippen molar-refractivity contribution in [2.24, 2.45) is 12.0 Å². The van der Waals surface area contributed by atoms with Crippen molar-refractivity contribution in [3.63, 3.8) is 0 Å². The molecule has 0 atom stereocenters. The van der Waals surface area contributed by atoms with Crippen LogP contribution in [0.4, 0.5) is 0 Å². The summed E-state index contributed by atoms with van der Waals surface area (Å²) >= 11 is 0. The largest absolute Gasteiger partial charge is 0.357 e. The van der Waals surface area contributed by atoms with Gasteiger partial charge in [-0.25, -0.2) is 4.99 Å². The molecule has 0 aliphatic carbocycles. The average molecular weight is 383 g/mol. The molecule has 6 heteroatoms. The van der Waals surface area contributed by atoms with E-state index in [2.05, 4.69) is 51.8 Å². The number of hydrogen-bond donors (Lipinski definition) is 2. The molecule has 1 aromatic heterocycles. The summed E-state index contributed by atoms with van der Waals surface area (Å²) in [5.74, 6) is 0.841. The number of aliphatic imine (C=N–C) groups is 1. The molecule has 2 heterocycles. The molecule has 1 aliphatic heterocycles. The number of benzene rings is 1. The fourth-order valence-electron chi connectivity index (χ4n) is 3.66. The fraction of sp³-hybridized carbons (Fsp3) is 0.545. The van der Waals surface area contributed by atoms with Gasteiger partial charge in [-0.05, 0) is 50.0 Å². The molecule has 0 spiro atoms. The first kappa shape index (κ1) is 20.4. The monoisotopic (exact) mass is 382 g/mol. The average Bonchev–Trinajstić information content (AvgIpc) is 2.95. The summed E-state index contributed by atoms with van der Waals surface area (Å²) in [5, 5.41) is 11.0. The highest BCUT2D eigenvalue weighted by Crippen LogP contribution is 2.17. The fourth-order valence-corrected chi connectivity index (χ4v) is 3.66. The number of nitrogens with zero attached hydrogens (tertiary/aromatic N) is 4. The first-order chi connectivity index (χ1) is 13.8.